The number of hydrogen-bond donors (Lipinski definition) is 3. The Morgan fingerprint density at radius 2 is 1.93 bits per heavy atom. The van der Waals surface area contributed by atoms with Crippen LogP contribution in [-0.2, 0) is 6.42 Å². The summed E-state index contributed by atoms with van der Waals surface area (Å²) in [4.78, 5) is 0. The van der Waals surface area contributed by atoms with Crippen LogP contribution in [0.2, 0.25) is 0 Å². The molecule has 3 N–H and O–H groups in total. The molecule has 0 radical (unpaired) electrons. The highest BCUT2D eigenvalue weighted by Gasteiger charge is 2.14. The van der Waals surface area contributed by atoms with Gasteiger partial charge in [-0.1, -0.05) is 6.92 Å². The average molecular weight is 206 g/mol. The molecular formula is C11H14N2O2. The van der Waals surface area contributed by atoms with Gasteiger partial charge in [0, 0.05) is 23.6 Å². The summed E-state index contributed by atoms with van der Waals surface area (Å²) in [6, 6.07) is 1.70. The lowest BCUT2D eigenvalue weighted by Gasteiger charge is -2.12. The number of aromatic hydroxyl groups is 1. The number of phenolic OH excluding ortho intramolecular Hbond substituents is 1. The van der Waals surface area contributed by atoms with Gasteiger partial charge in [0.25, 0.3) is 0 Å². The number of ether oxygens (including phenoxy) is 1. The molecule has 0 aliphatic rings. The smallest absolute Gasteiger partial charge is 0.167 e. The second kappa shape index (κ2) is 4.59. The molecule has 0 spiro atoms. The lowest BCUT2D eigenvalue weighted by atomic mass is 9.99. The van der Waals surface area contributed by atoms with Crippen LogP contribution in [0.15, 0.2) is 6.07 Å². The molecule has 0 heterocycles. The van der Waals surface area contributed by atoms with Crippen molar-refractivity contribution in [2.75, 3.05) is 7.11 Å². The quantitative estimate of drug-likeness (QED) is 0.658. The number of phenols is 1. The number of benzene rings is 1. The summed E-state index contributed by atoms with van der Waals surface area (Å²) in [5, 5.41) is 24.2. The van der Waals surface area contributed by atoms with Crippen molar-refractivity contribution in [3.63, 3.8) is 0 Å². The zero-order chi connectivity index (χ0) is 11.4. The molecule has 0 aromatic heterocycles. The first-order valence-electron chi connectivity index (χ1n) is 4.63. The van der Waals surface area contributed by atoms with Gasteiger partial charge in [-0.2, -0.15) is 0 Å². The van der Waals surface area contributed by atoms with E-state index >= 15 is 0 Å². The maximum Gasteiger partial charge on any atom is 0.167 e. The zero-order valence-electron chi connectivity index (χ0n) is 8.79. The van der Waals surface area contributed by atoms with Crippen LogP contribution >= 0.6 is 0 Å². The Morgan fingerprint density at radius 3 is 2.33 bits per heavy atom. The fourth-order valence-electron chi connectivity index (χ4n) is 1.50. The SMILES string of the molecule is CCc1cc(OC)c(O)c(C=N)c1C=N. The van der Waals surface area contributed by atoms with Gasteiger partial charge in [-0.3, -0.25) is 0 Å². The molecular weight excluding hydrogens is 192 g/mol. The van der Waals surface area contributed by atoms with Crippen molar-refractivity contribution in [1.82, 2.24) is 0 Å². The summed E-state index contributed by atoms with van der Waals surface area (Å²) in [7, 11) is 1.46. The molecule has 80 valence electrons. The Bertz CT molecular complexity index is 400. The normalized spacial score (nSPS) is 9.73. The second-order valence-corrected chi connectivity index (χ2v) is 3.06. The predicted molar refractivity (Wildman–Crippen MR) is 59.8 cm³/mol. The fourth-order valence-corrected chi connectivity index (χ4v) is 1.50. The van der Waals surface area contributed by atoms with E-state index in [2.05, 4.69) is 0 Å². The van der Waals surface area contributed by atoms with Crippen LogP contribution in [0.3, 0.4) is 0 Å². The lowest BCUT2D eigenvalue weighted by molar-refractivity contribution is 0.372. The summed E-state index contributed by atoms with van der Waals surface area (Å²) in [5.41, 5.74) is 1.80. The summed E-state index contributed by atoms with van der Waals surface area (Å²) in [6.45, 7) is 1.95. The first-order valence-corrected chi connectivity index (χ1v) is 4.63. The van der Waals surface area contributed by atoms with E-state index in [0.717, 1.165) is 24.4 Å². The number of rotatable bonds is 4. The third-order valence-electron chi connectivity index (χ3n) is 2.32. The Balaban J connectivity index is 3.56. The fraction of sp³-hybridized carbons (Fsp3) is 0.273. The monoisotopic (exact) mass is 206 g/mol. The highest BCUT2D eigenvalue weighted by atomic mass is 16.5. The van der Waals surface area contributed by atoms with Crippen molar-refractivity contribution >= 4 is 12.4 Å². The minimum absolute atomic E-state index is 0.0804. The standard InChI is InChI=1S/C11H14N2O2/c1-3-7-4-10(15-2)11(14)9(6-13)8(7)5-12/h4-6,12-14H,3H2,1-2H3. The van der Waals surface area contributed by atoms with Gasteiger partial charge >= 0.3 is 0 Å². The van der Waals surface area contributed by atoms with Crippen molar-refractivity contribution in [1.29, 1.82) is 10.8 Å². The maximum atomic E-state index is 9.74. The van der Waals surface area contributed by atoms with Gasteiger partial charge in [-0.25, -0.2) is 0 Å². The number of methoxy groups -OCH3 is 1. The highest BCUT2D eigenvalue weighted by molar-refractivity contribution is 5.97. The Labute approximate surface area is 88.5 Å². The average Bonchev–Trinajstić information content (AvgIpc) is 2.28. The van der Waals surface area contributed by atoms with E-state index in [0.29, 0.717) is 16.9 Å². The Hall–Kier alpha value is -1.84. The maximum absolute atomic E-state index is 9.74. The van der Waals surface area contributed by atoms with Gasteiger partial charge in [0.05, 0.1) is 7.11 Å². The highest BCUT2D eigenvalue weighted by Crippen LogP contribution is 2.33. The second-order valence-electron chi connectivity index (χ2n) is 3.06. The molecule has 0 atom stereocenters. The molecule has 0 amide bonds. The van der Waals surface area contributed by atoms with Crippen molar-refractivity contribution in [2.24, 2.45) is 0 Å². The molecule has 1 aromatic rings. The number of hydrogen-bond acceptors (Lipinski definition) is 4. The van der Waals surface area contributed by atoms with E-state index in [4.69, 9.17) is 15.6 Å². The molecule has 15 heavy (non-hydrogen) atoms. The number of nitrogens with one attached hydrogen (secondary N) is 2. The van der Waals surface area contributed by atoms with Gasteiger partial charge in [0.15, 0.2) is 11.5 Å². The summed E-state index contributed by atoms with van der Waals surface area (Å²) < 4.78 is 5.00. The van der Waals surface area contributed by atoms with Crippen LogP contribution in [0, 0.1) is 10.8 Å². The molecule has 0 saturated carbocycles. The van der Waals surface area contributed by atoms with Crippen LogP contribution in [-0.4, -0.2) is 24.6 Å². The van der Waals surface area contributed by atoms with Gasteiger partial charge in [-0.05, 0) is 18.1 Å². The van der Waals surface area contributed by atoms with Crippen molar-refractivity contribution in [3.8, 4) is 11.5 Å². The minimum Gasteiger partial charge on any atom is -0.504 e. The van der Waals surface area contributed by atoms with E-state index in [1.54, 1.807) is 6.07 Å². The lowest BCUT2D eigenvalue weighted by Crippen LogP contribution is -2.00. The molecule has 0 unspecified atom stereocenters. The van der Waals surface area contributed by atoms with Crippen LogP contribution in [0.5, 0.6) is 11.5 Å². The first-order chi connectivity index (χ1) is 7.19. The minimum atomic E-state index is -0.0804. The third-order valence-corrected chi connectivity index (χ3v) is 2.32. The van der Waals surface area contributed by atoms with Crippen LogP contribution in [0.1, 0.15) is 23.6 Å². The van der Waals surface area contributed by atoms with Crippen molar-refractivity contribution < 1.29 is 9.84 Å². The Morgan fingerprint density at radius 1 is 1.33 bits per heavy atom. The molecule has 4 nitrogen and oxygen atoms in total. The zero-order valence-corrected chi connectivity index (χ0v) is 8.79. The Kier molecular flexibility index (Phi) is 3.44. The van der Waals surface area contributed by atoms with E-state index in [1.165, 1.54) is 7.11 Å². The molecule has 0 fully saturated rings. The van der Waals surface area contributed by atoms with Crippen molar-refractivity contribution in [3.05, 3.63) is 22.8 Å². The van der Waals surface area contributed by atoms with Gasteiger partial charge in [-0.15, -0.1) is 0 Å². The van der Waals surface area contributed by atoms with E-state index in [9.17, 15) is 5.11 Å². The van der Waals surface area contributed by atoms with Crippen LogP contribution in [0.4, 0.5) is 0 Å². The topological polar surface area (TPSA) is 77.2 Å². The van der Waals surface area contributed by atoms with E-state index in [-0.39, 0.29) is 5.75 Å². The predicted octanol–water partition coefficient (Wildman–Crippen LogP) is 1.96. The summed E-state index contributed by atoms with van der Waals surface area (Å²) >= 11 is 0. The first kappa shape index (κ1) is 11.2. The van der Waals surface area contributed by atoms with Gasteiger partial charge < -0.3 is 20.7 Å². The van der Waals surface area contributed by atoms with Gasteiger partial charge in [0.2, 0.25) is 0 Å². The van der Waals surface area contributed by atoms with E-state index in [1.807, 2.05) is 6.92 Å². The molecule has 1 rings (SSSR count). The number of aryl methyl sites for hydroxylation is 1. The molecule has 1 aromatic carbocycles. The summed E-state index contributed by atoms with van der Waals surface area (Å²) in [5.74, 6) is 0.263. The molecule has 0 aliphatic heterocycles. The van der Waals surface area contributed by atoms with Crippen molar-refractivity contribution in [2.45, 2.75) is 13.3 Å². The van der Waals surface area contributed by atoms with Crippen LogP contribution in [0.25, 0.3) is 0 Å². The largest absolute Gasteiger partial charge is 0.504 e. The molecule has 4 heteroatoms. The molecule has 0 saturated heterocycles. The van der Waals surface area contributed by atoms with Crippen LogP contribution < -0.4 is 4.74 Å². The third kappa shape index (κ3) is 1.83. The van der Waals surface area contributed by atoms with Gasteiger partial charge in [0.1, 0.15) is 0 Å². The molecule has 0 bridgehead atoms. The summed E-state index contributed by atoms with van der Waals surface area (Å²) in [6.07, 6.45) is 2.91. The molecule has 0 aliphatic carbocycles. The van der Waals surface area contributed by atoms with E-state index < -0.39 is 0 Å².